The van der Waals surface area contributed by atoms with Gasteiger partial charge in [0.2, 0.25) is 5.95 Å². The van der Waals surface area contributed by atoms with E-state index in [2.05, 4.69) is 25.9 Å². The van der Waals surface area contributed by atoms with E-state index in [1.54, 1.807) is 0 Å². The van der Waals surface area contributed by atoms with Gasteiger partial charge in [0.05, 0.1) is 29.0 Å². The van der Waals surface area contributed by atoms with Gasteiger partial charge in [0, 0.05) is 18.9 Å². The number of hydrogen-bond acceptors (Lipinski definition) is 7. The molecule has 35 heavy (non-hydrogen) atoms. The highest BCUT2D eigenvalue weighted by Gasteiger charge is 2.35. The quantitative estimate of drug-likeness (QED) is 0.300. The number of carbonyl (C=O) groups excluding carboxylic acids is 1. The molecule has 182 valence electrons. The van der Waals surface area contributed by atoms with Crippen LogP contribution in [0.3, 0.4) is 0 Å². The third-order valence-corrected chi connectivity index (χ3v) is 5.34. The van der Waals surface area contributed by atoms with Gasteiger partial charge in [-0.1, -0.05) is 12.1 Å². The van der Waals surface area contributed by atoms with Crippen molar-refractivity contribution < 1.29 is 32.3 Å². The summed E-state index contributed by atoms with van der Waals surface area (Å²) < 4.78 is 51.9. The van der Waals surface area contributed by atoms with E-state index in [0.717, 1.165) is 0 Å². The number of nitriles is 1. The standard InChI is InChI=1S/C21H18F3N6O4P/c1-26-19(31)15-8-13(9-25)4-7-17(15)29-18-16(21(22,23)24)10-27-20(30-18)28-14-5-2-12(3-6-14)11-35(32,33)34/h2-8,10H,11H2,1H3,(H,26,31)(H2,32,33,34)(H2,27,28,29,30). The summed E-state index contributed by atoms with van der Waals surface area (Å²) in [6.45, 7) is 0. The lowest BCUT2D eigenvalue weighted by Crippen LogP contribution is -2.20. The number of halogens is 3. The van der Waals surface area contributed by atoms with Crippen LogP contribution in [0.5, 0.6) is 0 Å². The number of benzene rings is 2. The van der Waals surface area contributed by atoms with E-state index in [0.29, 0.717) is 17.4 Å². The van der Waals surface area contributed by atoms with Gasteiger partial charge in [-0.2, -0.15) is 23.4 Å². The summed E-state index contributed by atoms with van der Waals surface area (Å²) in [7, 11) is -2.92. The van der Waals surface area contributed by atoms with Gasteiger partial charge in [-0.15, -0.1) is 0 Å². The smallest absolute Gasteiger partial charge is 0.355 e. The van der Waals surface area contributed by atoms with Crippen molar-refractivity contribution in [3.05, 3.63) is 70.9 Å². The Morgan fingerprint density at radius 2 is 1.83 bits per heavy atom. The van der Waals surface area contributed by atoms with Crippen LogP contribution >= 0.6 is 7.60 Å². The zero-order valence-corrected chi connectivity index (χ0v) is 18.9. The van der Waals surface area contributed by atoms with Crippen LogP contribution < -0.4 is 16.0 Å². The third-order valence-electron chi connectivity index (χ3n) is 4.57. The minimum atomic E-state index is -4.81. The zero-order chi connectivity index (χ0) is 25.8. The molecule has 0 saturated heterocycles. The van der Waals surface area contributed by atoms with Crippen molar-refractivity contribution in [1.82, 2.24) is 15.3 Å². The van der Waals surface area contributed by atoms with E-state index in [1.165, 1.54) is 49.5 Å². The Balaban J connectivity index is 1.96. The first kappa shape index (κ1) is 25.6. The van der Waals surface area contributed by atoms with Crippen LogP contribution in [0.2, 0.25) is 0 Å². The van der Waals surface area contributed by atoms with Gasteiger partial charge in [0.25, 0.3) is 5.91 Å². The monoisotopic (exact) mass is 506 g/mol. The van der Waals surface area contributed by atoms with E-state index in [1.807, 2.05) is 6.07 Å². The fourth-order valence-electron chi connectivity index (χ4n) is 2.98. The van der Waals surface area contributed by atoms with E-state index in [4.69, 9.17) is 15.0 Å². The first-order chi connectivity index (χ1) is 16.4. The lowest BCUT2D eigenvalue weighted by molar-refractivity contribution is -0.137. The number of rotatable bonds is 7. The lowest BCUT2D eigenvalue weighted by atomic mass is 10.1. The van der Waals surface area contributed by atoms with Crippen molar-refractivity contribution >= 4 is 36.6 Å². The Morgan fingerprint density at radius 1 is 1.14 bits per heavy atom. The van der Waals surface area contributed by atoms with Gasteiger partial charge in [0.15, 0.2) is 0 Å². The van der Waals surface area contributed by atoms with Gasteiger partial charge in [-0.05, 0) is 35.9 Å². The predicted molar refractivity (Wildman–Crippen MR) is 120 cm³/mol. The van der Waals surface area contributed by atoms with Crippen LogP contribution in [0.15, 0.2) is 48.7 Å². The van der Waals surface area contributed by atoms with Crippen molar-refractivity contribution in [1.29, 1.82) is 5.26 Å². The van der Waals surface area contributed by atoms with Crippen LogP contribution in [0.1, 0.15) is 27.0 Å². The summed E-state index contributed by atoms with van der Waals surface area (Å²) in [5.41, 5.74) is -0.407. The molecule has 1 heterocycles. The van der Waals surface area contributed by atoms with Gasteiger partial charge < -0.3 is 25.7 Å². The fraction of sp³-hybridized carbons (Fsp3) is 0.143. The highest BCUT2D eigenvalue weighted by molar-refractivity contribution is 7.50. The number of aromatic nitrogens is 2. The van der Waals surface area contributed by atoms with E-state index in [-0.39, 0.29) is 22.8 Å². The largest absolute Gasteiger partial charge is 0.421 e. The molecule has 2 aromatic carbocycles. The summed E-state index contributed by atoms with van der Waals surface area (Å²) in [5.74, 6) is -1.47. The summed E-state index contributed by atoms with van der Waals surface area (Å²) >= 11 is 0. The maximum absolute atomic E-state index is 13.6. The number of carbonyl (C=O) groups is 1. The molecule has 0 unspecified atom stereocenters. The van der Waals surface area contributed by atoms with Crippen LogP contribution in [0.25, 0.3) is 0 Å². The Hall–Kier alpha value is -3.98. The molecule has 1 aromatic heterocycles. The molecule has 0 saturated carbocycles. The fourth-order valence-corrected chi connectivity index (χ4v) is 3.66. The number of nitrogens with zero attached hydrogens (tertiary/aromatic N) is 3. The van der Waals surface area contributed by atoms with Gasteiger partial charge in [-0.3, -0.25) is 9.36 Å². The molecule has 0 aliphatic rings. The van der Waals surface area contributed by atoms with E-state index in [9.17, 15) is 22.5 Å². The van der Waals surface area contributed by atoms with Crippen LogP contribution in [-0.4, -0.2) is 32.7 Å². The SMILES string of the molecule is CNC(=O)c1cc(C#N)ccc1Nc1nc(Nc2ccc(CP(=O)(O)O)cc2)ncc1C(F)(F)F. The molecule has 3 rings (SSSR count). The summed E-state index contributed by atoms with van der Waals surface area (Å²) in [6, 6.07) is 11.5. The second-order valence-electron chi connectivity index (χ2n) is 7.17. The van der Waals surface area contributed by atoms with Gasteiger partial charge in [-0.25, -0.2) is 4.98 Å². The Bertz CT molecular complexity index is 1340. The van der Waals surface area contributed by atoms with E-state index >= 15 is 0 Å². The molecule has 0 aliphatic carbocycles. The average molecular weight is 506 g/mol. The van der Waals surface area contributed by atoms with Crippen molar-refractivity contribution in [3.63, 3.8) is 0 Å². The van der Waals surface area contributed by atoms with E-state index < -0.39 is 37.2 Å². The van der Waals surface area contributed by atoms with Crippen molar-refractivity contribution in [3.8, 4) is 6.07 Å². The normalized spacial score (nSPS) is 11.5. The van der Waals surface area contributed by atoms with Crippen molar-refractivity contribution in [2.75, 3.05) is 17.7 Å². The second-order valence-corrected chi connectivity index (χ2v) is 8.82. The molecular formula is C21H18F3N6O4P. The maximum Gasteiger partial charge on any atom is 0.421 e. The molecular weight excluding hydrogens is 488 g/mol. The lowest BCUT2D eigenvalue weighted by Gasteiger charge is -2.16. The molecule has 10 nitrogen and oxygen atoms in total. The van der Waals surface area contributed by atoms with Crippen molar-refractivity contribution in [2.24, 2.45) is 0 Å². The summed E-state index contributed by atoms with van der Waals surface area (Å²) in [5, 5.41) is 16.7. The van der Waals surface area contributed by atoms with Crippen LogP contribution in [0.4, 0.5) is 36.3 Å². The Kier molecular flexibility index (Phi) is 7.40. The minimum absolute atomic E-state index is 0.0136. The topological polar surface area (TPSA) is 160 Å². The Labute approximate surface area is 197 Å². The first-order valence-electron chi connectivity index (χ1n) is 9.77. The first-order valence-corrected chi connectivity index (χ1v) is 11.6. The number of alkyl halides is 3. The van der Waals surface area contributed by atoms with Crippen molar-refractivity contribution in [2.45, 2.75) is 12.3 Å². The number of hydrogen-bond donors (Lipinski definition) is 5. The summed E-state index contributed by atoms with van der Waals surface area (Å²) in [4.78, 5) is 37.9. The maximum atomic E-state index is 13.6. The average Bonchev–Trinajstić information content (AvgIpc) is 2.78. The Morgan fingerprint density at radius 3 is 2.40 bits per heavy atom. The molecule has 0 bridgehead atoms. The molecule has 3 aromatic rings. The van der Waals surface area contributed by atoms with Gasteiger partial charge >= 0.3 is 13.8 Å². The molecule has 0 fully saturated rings. The minimum Gasteiger partial charge on any atom is -0.355 e. The summed E-state index contributed by atoms with van der Waals surface area (Å²) in [6.07, 6.45) is -4.70. The van der Waals surface area contributed by atoms with Crippen LogP contribution in [-0.2, 0) is 16.9 Å². The second kappa shape index (κ2) is 10.1. The molecule has 0 spiro atoms. The zero-order valence-electron chi connectivity index (χ0n) is 18.0. The molecule has 14 heteroatoms. The molecule has 5 N–H and O–H groups in total. The predicted octanol–water partition coefficient (Wildman–Crippen LogP) is 3.89. The molecule has 0 atom stereocenters. The highest BCUT2D eigenvalue weighted by Crippen LogP contribution is 2.39. The molecule has 0 radical (unpaired) electrons. The highest BCUT2D eigenvalue weighted by atomic mass is 31.2. The molecule has 1 amide bonds. The number of amides is 1. The molecule has 0 aliphatic heterocycles. The number of nitrogens with one attached hydrogen (secondary N) is 3. The third kappa shape index (κ3) is 6.77. The van der Waals surface area contributed by atoms with Gasteiger partial charge in [0.1, 0.15) is 11.4 Å². The number of anilines is 4. The van der Waals surface area contributed by atoms with Crippen LogP contribution in [0, 0.1) is 11.3 Å².